The van der Waals surface area contributed by atoms with Crippen LogP contribution in [-0.4, -0.2) is 17.4 Å². The lowest BCUT2D eigenvalue weighted by molar-refractivity contribution is 0.0983. The Balaban J connectivity index is 2.27. The van der Waals surface area contributed by atoms with Crippen molar-refractivity contribution < 1.29 is 9.21 Å². The van der Waals surface area contributed by atoms with E-state index in [0.717, 1.165) is 5.69 Å². The van der Waals surface area contributed by atoms with E-state index in [2.05, 4.69) is 4.98 Å². The van der Waals surface area contributed by atoms with Gasteiger partial charge in [0.2, 0.25) is 0 Å². The summed E-state index contributed by atoms with van der Waals surface area (Å²) in [5, 5.41) is 0. The maximum Gasteiger partial charge on any atom is 0.280 e. The Bertz CT molecular complexity index is 451. The third-order valence-corrected chi connectivity index (χ3v) is 2.28. The lowest BCUT2D eigenvalue weighted by Crippen LogP contribution is -2.30. The van der Waals surface area contributed by atoms with Crippen LogP contribution in [0.2, 0.25) is 0 Å². The highest BCUT2D eigenvalue weighted by molar-refractivity contribution is 6.04. The van der Waals surface area contributed by atoms with Crippen LogP contribution in [0.3, 0.4) is 0 Å². The second kappa shape index (κ2) is 4.61. The van der Waals surface area contributed by atoms with Crippen LogP contribution < -0.4 is 4.90 Å². The van der Waals surface area contributed by atoms with Crippen LogP contribution in [0, 0.1) is 0 Å². The van der Waals surface area contributed by atoms with E-state index in [1.165, 1.54) is 12.7 Å². The van der Waals surface area contributed by atoms with Crippen molar-refractivity contribution in [2.24, 2.45) is 0 Å². The van der Waals surface area contributed by atoms with Crippen LogP contribution in [0.5, 0.6) is 0 Å². The molecular weight excluding hydrogens is 204 g/mol. The summed E-state index contributed by atoms with van der Waals surface area (Å²) in [4.78, 5) is 17.5. The van der Waals surface area contributed by atoms with Gasteiger partial charge < -0.3 is 9.32 Å². The highest BCUT2D eigenvalue weighted by atomic mass is 16.3. The summed E-state index contributed by atoms with van der Waals surface area (Å²) in [7, 11) is 0. The lowest BCUT2D eigenvalue weighted by Gasteiger charge is -2.19. The van der Waals surface area contributed by atoms with Crippen molar-refractivity contribution in [2.75, 3.05) is 11.4 Å². The van der Waals surface area contributed by atoms with Crippen LogP contribution in [0.15, 0.2) is 47.4 Å². The van der Waals surface area contributed by atoms with Gasteiger partial charge in [0.05, 0.1) is 0 Å². The molecule has 16 heavy (non-hydrogen) atoms. The van der Waals surface area contributed by atoms with Gasteiger partial charge in [-0.1, -0.05) is 18.2 Å². The number of oxazole rings is 1. The Labute approximate surface area is 93.5 Å². The lowest BCUT2D eigenvalue weighted by atomic mass is 10.2. The normalized spacial score (nSPS) is 10.1. The fraction of sp³-hybridized carbons (Fsp3) is 0.167. The molecule has 0 fully saturated rings. The molecule has 0 aliphatic carbocycles. The zero-order valence-corrected chi connectivity index (χ0v) is 8.96. The minimum Gasteiger partial charge on any atom is -0.451 e. The highest BCUT2D eigenvalue weighted by Crippen LogP contribution is 2.15. The zero-order valence-electron chi connectivity index (χ0n) is 8.96. The summed E-state index contributed by atoms with van der Waals surface area (Å²) >= 11 is 0. The molecule has 0 aliphatic heterocycles. The van der Waals surface area contributed by atoms with Crippen molar-refractivity contribution in [2.45, 2.75) is 6.92 Å². The second-order valence-electron chi connectivity index (χ2n) is 3.26. The third kappa shape index (κ3) is 1.95. The maximum atomic E-state index is 12.0. The molecule has 2 aromatic rings. The zero-order chi connectivity index (χ0) is 11.4. The molecule has 0 atom stereocenters. The highest BCUT2D eigenvalue weighted by Gasteiger charge is 2.17. The van der Waals surface area contributed by atoms with Gasteiger partial charge in [0.25, 0.3) is 5.91 Å². The molecule has 0 saturated heterocycles. The number of benzene rings is 1. The topological polar surface area (TPSA) is 46.3 Å². The first kappa shape index (κ1) is 10.4. The number of hydrogen-bond donors (Lipinski definition) is 0. The second-order valence-corrected chi connectivity index (χ2v) is 3.26. The first-order valence-electron chi connectivity index (χ1n) is 5.08. The van der Waals surface area contributed by atoms with E-state index >= 15 is 0 Å². The Morgan fingerprint density at radius 3 is 2.69 bits per heavy atom. The summed E-state index contributed by atoms with van der Waals surface area (Å²) in [5.74, 6) is -0.151. The Kier molecular flexibility index (Phi) is 3.00. The summed E-state index contributed by atoms with van der Waals surface area (Å²) < 4.78 is 4.81. The van der Waals surface area contributed by atoms with Crippen molar-refractivity contribution in [3.05, 3.63) is 48.7 Å². The predicted octanol–water partition coefficient (Wildman–Crippen LogP) is 2.34. The van der Waals surface area contributed by atoms with Gasteiger partial charge in [0, 0.05) is 12.2 Å². The molecule has 0 bridgehead atoms. The van der Waals surface area contributed by atoms with Crippen molar-refractivity contribution >= 4 is 11.6 Å². The largest absolute Gasteiger partial charge is 0.451 e. The van der Waals surface area contributed by atoms with E-state index in [-0.39, 0.29) is 5.91 Å². The molecule has 1 aromatic heterocycles. The van der Waals surface area contributed by atoms with Crippen LogP contribution in [-0.2, 0) is 0 Å². The Morgan fingerprint density at radius 2 is 2.12 bits per heavy atom. The monoisotopic (exact) mass is 216 g/mol. The van der Waals surface area contributed by atoms with E-state index in [1.54, 1.807) is 4.90 Å². The number of anilines is 1. The van der Waals surface area contributed by atoms with Gasteiger partial charge in [-0.3, -0.25) is 4.79 Å². The SMILES string of the molecule is CCN(C(=O)c1cocn1)c1ccccc1. The number of hydrogen-bond acceptors (Lipinski definition) is 3. The Hall–Kier alpha value is -2.10. The molecule has 0 saturated carbocycles. The van der Waals surface area contributed by atoms with Crippen molar-refractivity contribution in [1.29, 1.82) is 0 Å². The number of amides is 1. The fourth-order valence-electron chi connectivity index (χ4n) is 1.51. The van der Waals surface area contributed by atoms with Crippen LogP contribution >= 0.6 is 0 Å². The quantitative estimate of drug-likeness (QED) is 0.791. The molecule has 4 heteroatoms. The molecular formula is C12H12N2O2. The van der Waals surface area contributed by atoms with Gasteiger partial charge in [0.15, 0.2) is 12.1 Å². The van der Waals surface area contributed by atoms with E-state index in [0.29, 0.717) is 12.2 Å². The van der Waals surface area contributed by atoms with Crippen molar-refractivity contribution in [3.63, 3.8) is 0 Å². The number of aromatic nitrogens is 1. The van der Waals surface area contributed by atoms with Crippen molar-refractivity contribution in [3.8, 4) is 0 Å². The van der Waals surface area contributed by atoms with E-state index < -0.39 is 0 Å². The number of carbonyl (C=O) groups is 1. The molecule has 1 aromatic carbocycles. The fourth-order valence-corrected chi connectivity index (χ4v) is 1.51. The summed E-state index contributed by atoms with van der Waals surface area (Å²) in [5.41, 5.74) is 1.18. The molecule has 82 valence electrons. The average molecular weight is 216 g/mol. The molecule has 0 N–H and O–H groups in total. The standard InChI is InChI=1S/C12H12N2O2/c1-2-14(10-6-4-3-5-7-10)12(15)11-8-16-9-13-11/h3-9H,2H2,1H3. The van der Waals surface area contributed by atoms with Gasteiger partial charge >= 0.3 is 0 Å². The molecule has 0 radical (unpaired) electrons. The summed E-state index contributed by atoms with van der Waals surface area (Å²) in [6.07, 6.45) is 2.61. The maximum absolute atomic E-state index is 12.0. The van der Waals surface area contributed by atoms with Gasteiger partial charge in [-0.25, -0.2) is 4.98 Å². The van der Waals surface area contributed by atoms with Crippen LogP contribution in [0.25, 0.3) is 0 Å². The number of rotatable bonds is 3. The number of para-hydroxylation sites is 1. The third-order valence-electron chi connectivity index (χ3n) is 2.28. The molecule has 4 nitrogen and oxygen atoms in total. The summed E-state index contributed by atoms with van der Waals surface area (Å²) in [6, 6.07) is 9.49. The molecule has 0 aliphatic rings. The smallest absolute Gasteiger partial charge is 0.280 e. The average Bonchev–Trinajstić information content (AvgIpc) is 2.85. The molecule has 1 amide bonds. The van der Waals surface area contributed by atoms with E-state index in [1.807, 2.05) is 37.3 Å². The molecule has 1 heterocycles. The first-order valence-corrected chi connectivity index (χ1v) is 5.08. The predicted molar refractivity (Wildman–Crippen MR) is 60.3 cm³/mol. The van der Waals surface area contributed by atoms with Crippen molar-refractivity contribution in [1.82, 2.24) is 4.98 Å². The molecule has 0 spiro atoms. The number of nitrogens with zero attached hydrogens (tertiary/aromatic N) is 2. The molecule has 2 rings (SSSR count). The van der Waals surface area contributed by atoms with Crippen LogP contribution in [0.4, 0.5) is 5.69 Å². The molecule has 0 unspecified atom stereocenters. The van der Waals surface area contributed by atoms with E-state index in [9.17, 15) is 4.79 Å². The van der Waals surface area contributed by atoms with Gasteiger partial charge in [-0.15, -0.1) is 0 Å². The van der Waals surface area contributed by atoms with Gasteiger partial charge in [-0.05, 0) is 19.1 Å². The minimum absolute atomic E-state index is 0.151. The number of carbonyl (C=O) groups excluding carboxylic acids is 1. The van der Waals surface area contributed by atoms with Gasteiger partial charge in [0.1, 0.15) is 6.26 Å². The summed E-state index contributed by atoms with van der Waals surface area (Å²) in [6.45, 7) is 2.51. The first-order chi connectivity index (χ1) is 7.83. The van der Waals surface area contributed by atoms with E-state index in [4.69, 9.17) is 4.42 Å². The van der Waals surface area contributed by atoms with Gasteiger partial charge in [-0.2, -0.15) is 0 Å². The Morgan fingerprint density at radius 1 is 1.38 bits per heavy atom. The minimum atomic E-state index is -0.151. The van der Waals surface area contributed by atoms with Crippen LogP contribution in [0.1, 0.15) is 17.4 Å².